The van der Waals surface area contributed by atoms with E-state index in [1.54, 1.807) is 25.2 Å². The normalized spacial score (nSPS) is 20.0. The number of hydrogen-bond donors (Lipinski definition) is 3. The molecular formula is C8H9BrN2O2S. The molecule has 0 aromatic heterocycles. The van der Waals surface area contributed by atoms with E-state index >= 15 is 0 Å². The minimum Gasteiger partial charge on any atom is -0.279 e. The van der Waals surface area contributed by atoms with Crippen molar-refractivity contribution in [2.75, 3.05) is 7.05 Å². The number of rotatable bonds is 1. The first-order chi connectivity index (χ1) is 6.57. The zero-order valence-corrected chi connectivity index (χ0v) is 9.85. The summed E-state index contributed by atoms with van der Waals surface area (Å²) in [6, 6.07) is 5.11. The van der Waals surface area contributed by atoms with Crippen LogP contribution in [0.15, 0.2) is 27.6 Å². The molecule has 2 N–H and O–H groups in total. The largest absolute Gasteiger partial charge is 0.279 e. The van der Waals surface area contributed by atoms with Gasteiger partial charge in [-0.05, 0) is 25.2 Å². The van der Waals surface area contributed by atoms with Gasteiger partial charge in [-0.1, -0.05) is 15.9 Å². The summed E-state index contributed by atoms with van der Waals surface area (Å²) in [4.78, 5) is 12.0. The average Bonchev–Trinajstić information content (AvgIpc) is 2.40. The Kier molecular flexibility index (Phi) is 2.21. The number of nitrogens with one attached hydrogen (secondary N) is 2. The predicted molar refractivity (Wildman–Crippen MR) is 58.5 cm³/mol. The van der Waals surface area contributed by atoms with Crippen LogP contribution in [0.4, 0.5) is 0 Å². The van der Waals surface area contributed by atoms with Gasteiger partial charge in [0.1, 0.15) is 0 Å². The molecule has 0 aliphatic carbocycles. The summed E-state index contributed by atoms with van der Waals surface area (Å²) in [5.41, 5.74) is 0.478. The fourth-order valence-corrected chi connectivity index (χ4v) is 3.65. The Hall–Kier alpha value is -0.720. The molecule has 1 heterocycles. The quantitative estimate of drug-likeness (QED) is 0.659. The lowest BCUT2D eigenvalue weighted by Crippen LogP contribution is -2.38. The minimum atomic E-state index is -2.90. The van der Waals surface area contributed by atoms with Crippen molar-refractivity contribution in [2.45, 2.75) is 4.90 Å². The van der Waals surface area contributed by atoms with Crippen LogP contribution in [-0.4, -0.2) is 17.2 Å². The van der Waals surface area contributed by atoms with Gasteiger partial charge in [0.05, 0.1) is 10.5 Å². The van der Waals surface area contributed by atoms with Crippen molar-refractivity contribution in [2.24, 2.45) is 0 Å². The van der Waals surface area contributed by atoms with E-state index in [1.165, 1.54) is 0 Å². The summed E-state index contributed by atoms with van der Waals surface area (Å²) in [6.07, 6.45) is 0. The van der Waals surface area contributed by atoms with Gasteiger partial charge in [0, 0.05) is 14.8 Å². The molecule has 1 amide bonds. The number of carbonyl (C=O) groups is 1. The zero-order chi connectivity index (χ0) is 10.3. The highest BCUT2D eigenvalue weighted by atomic mass is 79.9. The lowest BCUT2D eigenvalue weighted by Gasteiger charge is -2.17. The average molecular weight is 277 g/mol. The molecule has 4 nitrogen and oxygen atoms in total. The fourth-order valence-electron chi connectivity index (χ4n) is 1.40. The summed E-state index contributed by atoms with van der Waals surface area (Å²) >= 11 is 3.28. The second kappa shape index (κ2) is 3.15. The molecule has 1 aliphatic rings. The molecule has 0 atom stereocenters. The molecule has 1 aromatic carbocycles. The molecule has 76 valence electrons. The third kappa shape index (κ3) is 1.30. The van der Waals surface area contributed by atoms with Crippen LogP contribution in [0.2, 0.25) is 0 Å². The van der Waals surface area contributed by atoms with Gasteiger partial charge in [0.15, 0.2) is 0 Å². The van der Waals surface area contributed by atoms with Gasteiger partial charge in [-0.25, -0.2) is 8.93 Å². The van der Waals surface area contributed by atoms with Crippen LogP contribution >= 0.6 is 15.9 Å². The SMILES string of the molecule is CN[SH]1(=O)NC(=O)c2ccc(Br)cc21. The van der Waals surface area contributed by atoms with Crippen LogP contribution < -0.4 is 9.44 Å². The molecule has 2 rings (SSSR count). The first-order valence-electron chi connectivity index (χ1n) is 3.98. The highest BCUT2D eigenvalue weighted by molar-refractivity contribution is 9.10. The molecule has 0 fully saturated rings. The van der Waals surface area contributed by atoms with Crippen molar-refractivity contribution in [1.29, 1.82) is 0 Å². The van der Waals surface area contributed by atoms with E-state index in [1.807, 2.05) is 0 Å². The van der Waals surface area contributed by atoms with E-state index in [2.05, 4.69) is 25.4 Å². The van der Waals surface area contributed by atoms with Crippen LogP contribution in [0.3, 0.4) is 0 Å². The first-order valence-corrected chi connectivity index (χ1v) is 6.48. The Morgan fingerprint density at radius 1 is 1.50 bits per heavy atom. The van der Waals surface area contributed by atoms with Crippen LogP contribution in [0, 0.1) is 0 Å². The maximum Gasteiger partial charge on any atom is 0.263 e. The first kappa shape index (κ1) is 9.82. The zero-order valence-electron chi connectivity index (χ0n) is 7.37. The van der Waals surface area contributed by atoms with Crippen LogP contribution in [0.1, 0.15) is 10.4 Å². The smallest absolute Gasteiger partial charge is 0.263 e. The molecular weight excluding hydrogens is 268 g/mol. The Morgan fingerprint density at radius 2 is 2.21 bits per heavy atom. The monoisotopic (exact) mass is 276 g/mol. The van der Waals surface area contributed by atoms with E-state index in [9.17, 15) is 9.00 Å². The van der Waals surface area contributed by atoms with Crippen molar-refractivity contribution in [3.8, 4) is 0 Å². The van der Waals surface area contributed by atoms with Gasteiger partial charge < -0.3 is 0 Å². The standard InChI is InChI=1S/C8H9BrN2O2S/c1-10-14(13)7-4-5(9)2-3-6(7)8(12)11-14/h2-4,14H,1H3,(H2,10,11,12,13). The van der Waals surface area contributed by atoms with Gasteiger partial charge in [0.2, 0.25) is 0 Å². The Balaban J connectivity index is 2.68. The van der Waals surface area contributed by atoms with Crippen LogP contribution in [0.25, 0.3) is 0 Å². The summed E-state index contributed by atoms with van der Waals surface area (Å²) in [5, 5.41) is 0. The van der Waals surface area contributed by atoms with E-state index in [0.717, 1.165) is 4.47 Å². The molecule has 0 spiro atoms. The molecule has 1 aromatic rings. The fraction of sp³-hybridized carbons (Fsp3) is 0.125. The summed E-state index contributed by atoms with van der Waals surface area (Å²) in [5.74, 6) is -0.287. The van der Waals surface area contributed by atoms with Crippen LogP contribution in [-0.2, 0) is 10.3 Å². The number of carbonyl (C=O) groups excluding carboxylic acids is 1. The van der Waals surface area contributed by atoms with E-state index < -0.39 is 10.3 Å². The molecule has 0 saturated heterocycles. The topological polar surface area (TPSA) is 58.2 Å². The van der Waals surface area contributed by atoms with Crippen molar-refractivity contribution in [1.82, 2.24) is 9.44 Å². The Morgan fingerprint density at radius 3 is 2.86 bits per heavy atom. The predicted octanol–water partition coefficient (Wildman–Crippen LogP) is 0.617. The molecule has 0 unspecified atom stereocenters. The number of fused-ring (bicyclic) bond motifs is 1. The van der Waals surface area contributed by atoms with Gasteiger partial charge >= 0.3 is 0 Å². The molecule has 0 saturated carbocycles. The van der Waals surface area contributed by atoms with Gasteiger partial charge in [-0.15, -0.1) is 0 Å². The van der Waals surface area contributed by atoms with Crippen molar-refractivity contribution in [3.63, 3.8) is 0 Å². The highest BCUT2D eigenvalue weighted by Gasteiger charge is 2.31. The molecule has 6 heteroatoms. The second-order valence-corrected chi connectivity index (χ2v) is 6.22. The third-order valence-electron chi connectivity index (χ3n) is 2.12. The van der Waals surface area contributed by atoms with E-state index in [-0.39, 0.29) is 5.91 Å². The molecule has 14 heavy (non-hydrogen) atoms. The maximum atomic E-state index is 12.1. The molecule has 1 aliphatic heterocycles. The van der Waals surface area contributed by atoms with Gasteiger partial charge in [-0.3, -0.25) is 9.52 Å². The number of halogens is 1. The molecule has 0 bridgehead atoms. The number of benzene rings is 1. The lowest BCUT2D eigenvalue weighted by molar-refractivity contribution is 0.0985. The van der Waals surface area contributed by atoms with Gasteiger partial charge in [-0.2, -0.15) is 0 Å². The summed E-state index contributed by atoms with van der Waals surface area (Å²) in [7, 11) is -1.34. The number of amides is 1. The number of thiol groups is 1. The van der Waals surface area contributed by atoms with Crippen molar-refractivity contribution < 1.29 is 9.00 Å². The van der Waals surface area contributed by atoms with Crippen molar-refractivity contribution in [3.05, 3.63) is 28.2 Å². The second-order valence-electron chi connectivity index (χ2n) is 2.94. The molecule has 0 radical (unpaired) electrons. The Bertz CT molecular complexity index is 461. The van der Waals surface area contributed by atoms with Crippen molar-refractivity contribution >= 4 is 32.1 Å². The summed E-state index contributed by atoms with van der Waals surface area (Å²) in [6.45, 7) is 0. The maximum absolute atomic E-state index is 12.1. The number of hydrogen-bond acceptors (Lipinski definition) is 2. The highest BCUT2D eigenvalue weighted by Crippen LogP contribution is 2.28. The van der Waals surface area contributed by atoms with E-state index in [4.69, 9.17) is 0 Å². The summed E-state index contributed by atoms with van der Waals surface area (Å²) < 4.78 is 18.0. The third-order valence-corrected chi connectivity index (χ3v) is 4.81. The Labute approximate surface area is 90.9 Å². The van der Waals surface area contributed by atoms with E-state index in [0.29, 0.717) is 10.5 Å². The van der Waals surface area contributed by atoms with Gasteiger partial charge in [0.25, 0.3) is 5.91 Å². The lowest BCUT2D eigenvalue weighted by atomic mass is 10.2. The minimum absolute atomic E-state index is 0.287. The van der Waals surface area contributed by atoms with Crippen LogP contribution in [0.5, 0.6) is 0 Å².